The lowest BCUT2D eigenvalue weighted by Gasteiger charge is -2.56. The van der Waals surface area contributed by atoms with Crippen molar-refractivity contribution in [2.45, 2.75) is 77.0 Å². The number of amides is 2. The fourth-order valence-electron chi connectivity index (χ4n) is 6.89. The molecule has 32 heavy (non-hydrogen) atoms. The van der Waals surface area contributed by atoms with Gasteiger partial charge in [-0.1, -0.05) is 5.16 Å². The Hall–Kier alpha value is -2.42. The van der Waals surface area contributed by atoms with Crippen molar-refractivity contribution >= 4 is 23.7 Å². The van der Waals surface area contributed by atoms with Crippen LogP contribution in [0.5, 0.6) is 0 Å². The molecule has 174 valence electrons. The molecule has 5 aliphatic rings. The Labute approximate surface area is 186 Å². The first-order valence-electron chi connectivity index (χ1n) is 11.7. The number of aliphatic hydroxyl groups excluding tert-OH is 1. The summed E-state index contributed by atoms with van der Waals surface area (Å²) in [6.07, 6.45) is 4.61. The van der Waals surface area contributed by atoms with Crippen LogP contribution in [0.25, 0.3) is 0 Å². The first kappa shape index (κ1) is 21.4. The van der Waals surface area contributed by atoms with Crippen LogP contribution in [0, 0.1) is 30.1 Å². The molecule has 1 aromatic rings. The second-order valence-electron chi connectivity index (χ2n) is 10.5. The molecule has 4 saturated carbocycles. The van der Waals surface area contributed by atoms with Gasteiger partial charge in [0.05, 0.1) is 17.2 Å². The van der Waals surface area contributed by atoms with E-state index in [0.29, 0.717) is 23.4 Å². The van der Waals surface area contributed by atoms with Gasteiger partial charge < -0.3 is 19.3 Å². The number of esters is 1. The summed E-state index contributed by atoms with van der Waals surface area (Å²) in [7, 11) is 0. The number of aliphatic hydroxyl groups is 1. The Morgan fingerprint density at radius 1 is 1.19 bits per heavy atom. The molecule has 0 aromatic carbocycles. The molecule has 6 rings (SSSR count). The molecule has 1 saturated heterocycles. The Bertz CT molecular complexity index is 891. The summed E-state index contributed by atoms with van der Waals surface area (Å²) in [6.45, 7) is 3.33. The number of anilines is 1. The highest BCUT2D eigenvalue weighted by Gasteiger charge is 2.57. The van der Waals surface area contributed by atoms with Crippen LogP contribution in [0.4, 0.5) is 5.88 Å². The Morgan fingerprint density at radius 2 is 1.81 bits per heavy atom. The van der Waals surface area contributed by atoms with E-state index in [1.807, 2.05) is 0 Å². The third-order valence-corrected chi connectivity index (χ3v) is 7.84. The Morgan fingerprint density at radius 3 is 2.38 bits per heavy atom. The SMILES string of the molecule is Cc1cc(NC(=O)C(C)OC(=O)[C@@H]2CC(O)CN2C(=O)C23CC4CC(CC(C4)C2)C3)on1. The van der Waals surface area contributed by atoms with Gasteiger partial charge in [-0.15, -0.1) is 0 Å². The molecule has 9 nitrogen and oxygen atoms in total. The molecule has 2 unspecified atom stereocenters. The molecule has 0 spiro atoms. The number of hydrogen-bond donors (Lipinski definition) is 2. The second-order valence-corrected chi connectivity index (χ2v) is 10.5. The second kappa shape index (κ2) is 7.86. The lowest BCUT2D eigenvalue weighted by atomic mass is 9.49. The topological polar surface area (TPSA) is 122 Å². The largest absolute Gasteiger partial charge is 0.451 e. The number of β-amino-alcohol motifs (C(OH)–C–C–N with tert-alkyl or cyclic N) is 1. The molecule has 5 fully saturated rings. The predicted octanol–water partition coefficient (Wildman–Crippen LogP) is 2.03. The molecule has 9 heteroatoms. The summed E-state index contributed by atoms with van der Waals surface area (Å²) in [5, 5.41) is 16.5. The molecule has 4 aliphatic carbocycles. The summed E-state index contributed by atoms with van der Waals surface area (Å²) >= 11 is 0. The maximum Gasteiger partial charge on any atom is 0.329 e. The molecule has 2 amide bonds. The Balaban J connectivity index is 1.26. The van der Waals surface area contributed by atoms with Crippen molar-refractivity contribution in [3.8, 4) is 0 Å². The number of hydrogen-bond acceptors (Lipinski definition) is 7. The minimum Gasteiger partial charge on any atom is -0.451 e. The lowest BCUT2D eigenvalue weighted by molar-refractivity contribution is -0.168. The van der Waals surface area contributed by atoms with E-state index in [1.54, 1.807) is 13.0 Å². The average molecular weight is 446 g/mol. The van der Waals surface area contributed by atoms with Crippen LogP contribution in [0.15, 0.2) is 10.6 Å². The maximum atomic E-state index is 13.7. The third-order valence-electron chi connectivity index (χ3n) is 7.84. The number of nitrogens with one attached hydrogen (secondary N) is 1. The van der Waals surface area contributed by atoms with Crippen LogP contribution in [0.1, 0.15) is 57.6 Å². The third kappa shape index (κ3) is 3.80. The van der Waals surface area contributed by atoms with E-state index in [1.165, 1.54) is 31.1 Å². The molecule has 4 bridgehead atoms. The number of likely N-dealkylation sites (tertiary alicyclic amines) is 1. The number of ether oxygens (including phenoxy) is 1. The number of rotatable bonds is 5. The van der Waals surface area contributed by atoms with Crippen molar-refractivity contribution in [2.24, 2.45) is 23.2 Å². The number of aromatic nitrogens is 1. The highest BCUT2D eigenvalue weighted by atomic mass is 16.6. The highest BCUT2D eigenvalue weighted by Crippen LogP contribution is 2.60. The van der Waals surface area contributed by atoms with Gasteiger partial charge in [-0.05, 0) is 70.1 Å². The van der Waals surface area contributed by atoms with Crippen LogP contribution >= 0.6 is 0 Å². The average Bonchev–Trinajstić information content (AvgIpc) is 3.31. The monoisotopic (exact) mass is 445 g/mol. The number of carbonyl (C=O) groups excluding carboxylic acids is 3. The first-order chi connectivity index (χ1) is 15.2. The number of nitrogens with zero attached hydrogens (tertiary/aromatic N) is 2. The number of carbonyl (C=O) groups is 3. The summed E-state index contributed by atoms with van der Waals surface area (Å²) in [6, 6.07) is 0.694. The fraction of sp³-hybridized carbons (Fsp3) is 0.739. The first-order valence-corrected chi connectivity index (χ1v) is 11.7. The fourth-order valence-corrected chi connectivity index (χ4v) is 6.89. The van der Waals surface area contributed by atoms with Gasteiger partial charge in [0, 0.05) is 19.0 Å². The molecular formula is C23H31N3O6. The van der Waals surface area contributed by atoms with Crippen LogP contribution in [-0.2, 0) is 19.1 Å². The highest BCUT2D eigenvalue weighted by molar-refractivity contribution is 5.95. The van der Waals surface area contributed by atoms with E-state index in [2.05, 4.69) is 10.5 Å². The van der Waals surface area contributed by atoms with Crippen LogP contribution in [-0.4, -0.2) is 57.7 Å². The van der Waals surface area contributed by atoms with E-state index in [9.17, 15) is 19.5 Å². The smallest absolute Gasteiger partial charge is 0.329 e. The molecule has 1 aliphatic heterocycles. The van der Waals surface area contributed by atoms with E-state index >= 15 is 0 Å². The van der Waals surface area contributed by atoms with Gasteiger partial charge in [0.15, 0.2) is 6.10 Å². The lowest BCUT2D eigenvalue weighted by Crippen LogP contribution is -2.56. The van der Waals surface area contributed by atoms with Crippen molar-refractivity contribution in [2.75, 3.05) is 11.9 Å². The molecular weight excluding hydrogens is 414 g/mol. The van der Waals surface area contributed by atoms with Gasteiger partial charge >= 0.3 is 5.97 Å². The summed E-state index contributed by atoms with van der Waals surface area (Å²) in [5.41, 5.74) is 0.216. The van der Waals surface area contributed by atoms with Gasteiger partial charge in [-0.25, -0.2) is 4.79 Å². The summed E-state index contributed by atoms with van der Waals surface area (Å²) in [5.74, 6) is 0.766. The molecule has 2 N–H and O–H groups in total. The Kier molecular flexibility index (Phi) is 5.27. The van der Waals surface area contributed by atoms with Crippen molar-refractivity contribution in [3.05, 3.63) is 11.8 Å². The zero-order valence-corrected chi connectivity index (χ0v) is 18.6. The molecule has 1 aromatic heterocycles. The quantitative estimate of drug-likeness (QED) is 0.665. The van der Waals surface area contributed by atoms with Gasteiger partial charge in [0.25, 0.3) is 5.91 Å². The minimum absolute atomic E-state index is 0.00987. The summed E-state index contributed by atoms with van der Waals surface area (Å²) in [4.78, 5) is 40.6. The maximum absolute atomic E-state index is 13.7. The van der Waals surface area contributed by atoms with Gasteiger partial charge in [-0.3, -0.25) is 14.9 Å². The van der Waals surface area contributed by atoms with Crippen molar-refractivity contribution in [1.29, 1.82) is 0 Å². The van der Waals surface area contributed by atoms with Crippen molar-refractivity contribution < 1.29 is 28.8 Å². The zero-order valence-electron chi connectivity index (χ0n) is 18.6. The predicted molar refractivity (Wildman–Crippen MR) is 112 cm³/mol. The van der Waals surface area contributed by atoms with E-state index in [-0.39, 0.29) is 24.8 Å². The molecule has 0 radical (unpaired) electrons. The van der Waals surface area contributed by atoms with E-state index < -0.39 is 35.5 Å². The molecule has 3 atom stereocenters. The van der Waals surface area contributed by atoms with E-state index in [4.69, 9.17) is 9.26 Å². The normalized spacial score (nSPS) is 36.2. The van der Waals surface area contributed by atoms with Crippen molar-refractivity contribution in [1.82, 2.24) is 10.1 Å². The minimum atomic E-state index is -1.08. The van der Waals surface area contributed by atoms with Gasteiger partial charge in [0.1, 0.15) is 6.04 Å². The van der Waals surface area contributed by atoms with Gasteiger partial charge in [-0.2, -0.15) is 0 Å². The van der Waals surface area contributed by atoms with Crippen LogP contribution < -0.4 is 5.32 Å². The van der Waals surface area contributed by atoms with Gasteiger partial charge in [0.2, 0.25) is 11.8 Å². The number of aryl methyl sites for hydroxylation is 1. The zero-order chi connectivity index (χ0) is 22.6. The molecule has 2 heterocycles. The van der Waals surface area contributed by atoms with Crippen LogP contribution in [0.3, 0.4) is 0 Å². The van der Waals surface area contributed by atoms with E-state index in [0.717, 1.165) is 19.3 Å². The van der Waals surface area contributed by atoms with Crippen LogP contribution in [0.2, 0.25) is 0 Å². The van der Waals surface area contributed by atoms with Crippen molar-refractivity contribution in [3.63, 3.8) is 0 Å². The standard InChI is InChI=1S/C23H31N3O6/c1-12-3-19(32-25-12)24-20(28)13(2)31-21(29)18-7-17(27)11-26(18)22(30)23-8-14-4-15(9-23)6-16(5-14)10-23/h3,13-18,27H,4-11H2,1-2H3,(H,24,28)/t13?,14?,15?,16?,17?,18-,23?/m0/s1. The summed E-state index contributed by atoms with van der Waals surface area (Å²) < 4.78 is 10.4.